The molecule has 1 aliphatic carbocycles. The number of amides is 1. The van der Waals surface area contributed by atoms with Gasteiger partial charge in [0, 0.05) is 13.1 Å². The van der Waals surface area contributed by atoms with E-state index in [2.05, 4.69) is 15.6 Å². The van der Waals surface area contributed by atoms with Gasteiger partial charge in [-0.05, 0) is 31.7 Å². The number of anilines is 2. The first-order valence-electron chi connectivity index (χ1n) is 8.38. The number of rotatable bonds is 6. The summed E-state index contributed by atoms with van der Waals surface area (Å²) in [7, 11) is 1.51. The minimum Gasteiger partial charge on any atom is -0.471 e. The largest absolute Gasteiger partial charge is 0.471 e. The molecule has 0 unspecified atom stereocenters. The van der Waals surface area contributed by atoms with E-state index in [-0.39, 0.29) is 48.6 Å². The van der Waals surface area contributed by atoms with E-state index in [9.17, 15) is 26.7 Å². The summed E-state index contributed by atoms with van der Waals surface area (Å²) in [5.74, 6) is -2.23. The summed E-state index contributed by atoms with van der Waals surface area (Å²) in [6.07, 6.45) is -6.84. The van der Waals surface area contributed by atoms with Crippen molar-refractivity contribution in [2.75, 3.05) is 24.7 Å². The van der Waals surface area contributed by atoms with Crippen LogP contribution in [0.5, 0.6) is 5.88 Å². The fraction of sp³-hybridized carbons (Fsp3) is 0.625. The lowest BCUT2D eigenvalue weighted by Gasteiger charge is -2.30. The third-order valence-electron chi connectivity index (χ3n) is 4.37. The van der Waals surface area contributed by atoms with Gasteiger partial charge in [0.2, 0.25) is 5.88 Å². The first kappa shape index (κ1) is 21.0. The predicted octanol–water partition coefficient (Wildman–Crippen LogP) is 3.20. The molecule has 0 radical (unpaired) electrons. The fourth-order valence-corrected chi connectivity index (χ4v) is 2.96. The van der Waals surface area contributed by atoms with Crippen LogP contribution in [0.3, 0.4) is 0 Å². The number of pyridine rings is 1. The molecule has 1 fully saturated rings. The molecular formula is C16H21F5N4O2. The maximum absolute atomic E-state index is 12.7. The summed E-state index contributed by atoms with van der Waals surface area (Å²) in [5.41, 5.74) is 5.72. The van der Waals surface area contributed by atoms with E-state index in [0.29, 0.717) is 0 Å². The van der Waals surface area contributed by atoms with Crippen molar-refractivity contribution in [2.45, 2.75) is 44.3 Å². The van der Waals surface area contributed by atoms with E-state index < -0.39 is 37.1 Å². The first-order valence-corrected chi connectivity index (χ1v) is 8.38. The molecule has 152 valence electrons. The zero-order valence-corrected chi connectivity index (χ0v) is 14.6. The predicted molar refractivity (Wildman–Crippen MR) is 89.0 cm³/mol. The average molecular weight is 396 g/mol. The van der Waals surface area contributed by atoms with Crippen LogP contribution in [0.4, 0.5) is 33.5 Å². The summed E-state index contributed by atoms with van der Waals surface area (Å²) in [6, 6.07) is 0.778. The van der Waals surface area contributed by atoms with Gasteiger partial charge in [-0.15, -0.1) is 0 Å². The molecule has 0 aromatic carbocycles. The van der Waals surface area contributed by atoms with Crippen molar-refractivity contribution in [3.63, 3.8) is 0 Å². The van der Waals surface area contributed by atoms with Crippen LogP contribution in [0, 0.1) is 5.92 Å². The number of hydrogen-bond acceptors (Lipinski definition) is 5. The standard InChI is InChI=1S/C16H21F5N4O2/c1-23-13-11(22)6-10(15(25-13)27-7-12(17)18)14(26)24-9-4-2-8(3-5-9)16(19,20)21/h6,8-9,12H,2-5,7,22H2,1H3,(H,23,25)(H,24,26)/t8-,9-. The number of nitrogens with zero attached hydrogens (tertiary/aromatic N) is 1. The van der Waals surface area contributed by atoms with Crippen molar-refractivity contribution < 1.29 is 31.5 Å². The van der Waals surface area contributed by atoms with E-state index >= 15 is 0 Å². The van der Waals surface area contributed by atoms with E-state index in [4.69, 9.17) is 10.5 Å². The summed E-state index contributed by atoms with van der Waals surface area (Å²) in [4.78, 5) is 16.4. The Bertz CT molecular complexity index is 661. The fourth-order valence-electron chi connectivity index (χ4n) is 2.96. The smallest absolute Gasteiger partial charge is 0.391 e. The van der Waals surface area contributed by atoms with Crippen LogP contribution >= 0.6 is 0 Å². The molecule has 6 nitrogen and oxygen atoms in total. The highest BCUT2D eigenvalue weighted by Crippen LogP contribution is 2.37. The molecule has 2 rings (SSSR count). The molecule has 1 aliphatic rings. The molecule has 4 N–H and O–H groups in total. The second-order valence-electron chi connectivity index (χ2n) is 6.29. The normalized spacial score (nSPS) is 20.4. The quantitative estimate of drug-likeness (QED) is 0.643. The van der Waals surface area contributed by atoms with Crippen LogP contribution in [0.15, 0.2) is 6.07 Å². The third kappa shape index (κ3) is 5.57. The lowest BCUT2D eigenvalue weighted by molar-refractivity contribution is -0.182. The molecule has 1 amide bonds. The zero-order valence-electron chi connectivity index (χ0n) is 14.6. The molecule has 1 aromatic heterocycles. The Morgan fingerprint density at radius 1 is 1.33 bits per heavy atom. The summed E-state index contributed by atoms with van der Waals surface area (Å²) in [6.45, 7) is -0.961. The van der Waals surface area contributed by atoms with Gasteiger partial charge in [0.25, 0.3) is 12.3 Å². The molecule has 1 aromatic rings. The highest BCUT2D eigenvalue weighted by atomic mass is 19.4. The average Bonchev–Trinajstić information content (AvgIpc) is 2.59. The molecule has 0 atom stereocenters. The summed E-state index contributed by atoms with van der Waals surface area (Å²) >= 11 is 0. The molecule has 11 heteroatoms. The topological polar surface area (TPSA) is 89.3 Å². The summed E-state index contributed by atoms with van der Waals surface area (Å²) in [5, 5.41) is 5.26. The number of nitrogens with two attached hydrogens (primary N) is 1. The minimum absolute atomic E-state index is 0.0811. The second kappa shape index (κ2) is 8.57. The Morgan fingerprint density at radius 2 is 1.96 bits per heavy atom. The number of carbonyl (C=O) groups is 1. The van der Waals surface area contributed by atoms with Gasteiger partial charge in [0.1, 0.15) is 5.56 Å². The summed E-state index contributed by atoms with van der Waals surface area (Å²) < 4.78 is 67.9. The first-order chi connectivity index (χ1) is 12.6. The maximum Gasteiger partial charge on any atom is 0.391 e. The molecule has 27 heavy (non-hydrogen) atoms. The number of nitrogens with one attached hydrogen (secondary N) is 2. The number of ether oxygens (including phenoxy) is 1. The highest BCUT2D eigenvalue weighted by molar-refractivity contribution is 5.98. The molecule has 1 heterocycles. The van der Waals surface area contributed by atoms with Crippen LogP contribution in [0.25, 0.3) is 0 Å². The number of aromatic nitrogens is 1. The monoisotopic (exact) mass is 396 g/mol. The molecule has 0 spiro atoms. The SMILES string of the molecule is CNc1nc(OCC(F)F)c(C(=O)N[C@H]2CC[C@H](C(F)(F)F)CC2)cc1N. The van der Waals surface area contributed by atoms with Crippen molar-refractivity contribution in [2.24, 2.45) is 5.92 Å². The number of nitrogen functional groups attached to an aromatic ring is 1. The molecular weight excluding hydrogens is 375 g/mol. The van der Waals surface area contributed by atoms with E-state index in [1.165, 1.54) is 13.1 Å². The van der Waals surface area contributed by atoms with Gasteiger partial charge in [-0.2, -0.15) is 18.2 Å². The Balaban J connectivity index is 2.10. The van der Waals surface area contributed by atoms with Crippen LogP contribution in [0.2, 0.25) is 0 Å². The van der Waals surface area contributed by atoms with Crippen LogP contribution in [0.1, 0.15) is 36.0 Å². The molecule has 0 bridgehead atoms. The van der Waals surface area contributed by atoms with Gasteiger partial charge in [0.15, 0.2) is 12.4 Å². The van der Waals surface area contributed by atoms with E-state index in [0.717, 1.165) is 0 Å². The van der Waals surface area contributed by atoms with Crippen molar-refractivity contribution in [3.8, 4) is 5.88 Å². The van der Waals surface area contributed by atoms with E-state index in [1.807, 2.05) is 0 Å². The third-order valence-corrected chi connectivity index (χ3v) is 4.37. The van der Waals surface area contributed by atoms with Gasteiger partial charge in [-0.1, -0.05) is 0 Å². The minimum atomic E-state index is -4.24. The number of alkyl halides is 5. The van der Waals surface area contributed by atoms with Crippen molar-refractivity contribution in [1.29, 1.82) is 0 Å². The van der Waals surface area contributed by atoms with Crippen molar-refractivity contribution in [1.82, 2.24) is 10.3 Å². The van der Waals surface area contributed by atoms with Gasteiger partial charge in [-0.3, -0.25) is 4.79 Å². The number of hydrogen-bond donors (Lipinski definition) is 3. The lowest BCUT2D eigenvalue weighted by Crippen LogP contribution is -2.40. The van der Waals surface area contributed by atoms with Crippen molar-refractivity contribution in [3.05, 3.63) is 11.6 Å². The van der Waals surface area contributed by atoms with Crippen LogP contribution in [-0.4, -0.2) is 43.2 Å². The van der Waals surface area contributed by atoms with Gasteiger partial charge >= 0.3 is 6.18 Å². The second-order valence-corrected chi connectivity index (χ2v) is 6.29. The van der Waals surface area contributed by atoms with Gasteiger partial charge in [0.05, 0.1) is 11.6 Å². The number of carbonyl (C=O) groups excluding carboxylic acids is 1. The number of halogens is 5. The lowest BCUT2D eigenvalue weighted by atomic mass is 9.85. The Morgan fingerprint density at radius 3 is 2.48 bits per heavy atom. The highest BCUT2D eigenvalue weighted by Gasteiger charge is 2.41. The zero-order chi connectivity index (χ0) is 20.2. The molecule has 0 aliphatic heterocycles. The van der Waals surface area contributed by atoms with Gasteiger partial charge < -0.3 is 21.1 Å². The Hall–Kier alpha value is -2.33. The molecule has 1 saturated carbocycles. The maximum atomic E-state index is 12.7. The van der Waals surface area contributed by atoms with Crippen LogP contribution < -0.4 is 21.1 Å². The Kier molecular flexibility index (Phi) is 6.66. The van der Waals surface area contributed by atoms with Crippen molar-refractivity contribution >= 4 is 17.4 Å². The molecule has 0 saturated heterocycles. The van der Waals surface area contributed by atoms with E-state index in [1.54, 1.807) is 0 Å². The van der Waals surface area contributed by atoms with Crippen LogP contribution in [-0.2, 0) is 0 Å². The van der Waals surface area contributed by atoms with Gasteiger partial charge in [-0.25, -0.2) is 8.78 Å². The Labute approximate surface area is 152 Å².